The molecule has 0 aliphatic heterocycles. The van der Waals surface area contributed by atoms with Gasteiger partial charge in [-0.05, 0) is 0 Å². The number of carbonyl (C=O) groups excluding carboxylic acids is 2. The fourth-order valence-electron chi connectivity index (χ4n) is 0.682. The van der Waals surface area contributed by atoms with Crippen LogP contribution in [0.1, 0.15) is 6.42 Å². The topological polar surface area (TPSA) is 105 Å². The summed E-state index contributed by atoms with van der Waals surface area (Å²) >= 11 is 0. The van der Waals surface area contributed by atoms with E-state index >= 15 is 0 Å². The molecule has 0 aliphatic rings. The van der Waals surface area contributed by atoms with Gasteiger partial charge in [0.2, 0.25) is 5.91 Å². The molecule has 2 amide bonds. The molecule has 0 radical (unpaired) electrons. The summed E-state index contributed by atoms with van der Waals surface area (Å²) in [7, 11) is 0. The maximum absolute atomic E-state index is 11.0. The number of hydrogen-bond acceptors (Lipinski definition) is 4. The van der Waals surface area contributed by atoms with Crippen LogP contribution < -0.4 is 10.6 Å². The Balaban J connectivity index is 3.54. The molecule has 0 aromatic carbocycles. The summed E-state index contributed by atoms with van der Waals surface area (Å²) in [4.78, 5) is 31.9. The monoisotopic (exact) mass is 228 g/mol. The highest BCUT2D eigenvalue weighted by Gasteiger charge is 2.05. The second-order valence-corrected chi connectivity index (χ2v) is 2.63. The maximum Gasteiger partial charge on any atom is 0.408 e. The highest BCUT2D eigenvalue weighted by molar-refractivity contribution is 5.82. The lowest BCUT2D eigenvalue weighted by molar-refractivity contribution is -0.136. The minimum Gasteiger partial charge on any atom is -0.481 e. The molecule has 0 fully saturated rings. The minimum absolute atomic E-state index is 0.00918. The molecule has 0 saturated heterocycles. The lowest BCUT2D eigenvalue weighted by Gasteiger charge is -2.05. The summed E-state index contributed by atoms with van der Waals surface area (Å²) in [5.41, 5.74) is 0. The van der Waals surface area contributed by atoms with Crippen molar-refractivity contribution < 1.29 is 24.2 Å². The Kier molecular flexibility index (Phi) is 6.98. The van der Waals surface area contributed by atoms with Gasteiger partial charge in [-0.2, -0.15) is 0 Å². The largest absolute Gasteiger partial charge is 0.481 e. The second kappa shape index (κ2) is 8.11. The highest BCUT2D eigenvalue weighted by atomic mass is 16.5. The molecule has 0 spiro atoms. The van der Waals surface area contributed by atoms with E-state index in [1.165, 1.54) is 0 Å². The maximum atomic E-state index is 11.0. The van der Waals surface area contributed by atoms with Crippen LogP contribution in [0.15, 0.2) is 0 Å². The number of nitrogens with one attached hydrogen (secondary N) is 2. The zero-order chi connectivity index (χ0) is 12.4. The van der Waals surface area contributed by atoms with Gasteiger partial charge in [-0.25, -0.2) is 4.79 Å². The van der Waals surface area contributed by atoms with Crippen LogP contribution in [-0.2, 0) is 14.3 Å². The predicted molar refractivity (Wildman–Crippen MR) is 53.4 cm³/mol. The number of aliphatic carboxylic acids is 1. The van der Waals surface area contributed by atoms with Crippen LogP contribution in [0, 0.1) is 12.3 Å². The lowest BCUT2D eigenvalue weighted by atomic mass is 10.4. The number of amides is 2. The zero-order valence-corrected chi connectivity index (χ0v) is 8.49. The number of rotatable bonds is 6. The second-order valence-electron chi connectivity index (χ2n) is 2.63. The molecule has 0 bridgehead atoms. The van der Waals surface area contributed by atoms with Gasteiger partial charge >= 0.3 is 12.1 Å². The van der Waals surface area contributed by atoms with Crippen molar-refractivity contribution in [1.29, 1.82) is 0 Å². The van der Waals surface area contributed by atoms with Crippen molar-refractivity contribution in [3.8, 4) is 12.3 Å². The van der Waals surface area contributed by atoms with Crippen molar-refractivity contribution in [2.24, 2.45) is 0 Å². The number of ether oxygens (including phenoxy) is 1. The van der Waals surface area contributed by atoms with Crippen LogP contribution in [0.25, 0.3) is 0 Å². The van der Waals surface area contributed by atoms with E-state index in [1.807, 2.05) is 0 Å². The lowest BCUT2D eigenvalue weighted by Crippen LogP contribution is -2.37. The molecule has 7 heteroatoms. The SMILES string of the molecule is C#CCOC(=O)NCC(=O)NCCC(=O)O. The molecule has 0 heterocycles. The van der Waals surface area contributed by atoms with Gasteiger partial charge in [0.15, 0.2) is 6.61 Å². The summed E-state index contributed by atoms with van der Waals surface area (Å²) in [5.74, 6) is 0.571. The highest BCUT2D eigenvalue weighted by Crippen LogP contribution is 1.77. The third-order valence-electron chi connectivity index (χ3n) is 1.34. The minimum atomic E-state index is -1.01. The summed E-state index contributed by atoms with van der Waals surface area (Å²) < 4.78 is 4.42. The first kappa shape index (κ1) is 13.8. The summed E-state index contributed by atoms with van der Waals surface area (Å²) in [6.07, 6.45) is 3.86. The van der Waals surface area contributed by atoms with Crippen LogP contribution in [0.5, 0.6) is 0 Å². The normalized spacial score (nSPS) is 8.69. The van der Waals surface area contributed by atoms with Gasteiger partial charge < -0.3 is 20.5 Å². The number of carboxylic acid groups (broad SMARTS) is 1. The molecular weight excluding hydrogens is 216 g/mol. The smallest absolute Gasteiger partial charge is 0.408 e. The van der Waals surface area contributed by atoms with E-state index < -0.39 is 18.0 Å². The Morgan fingerprint density at radius 3 is 2.56 bits per heavy atom. The summed E-state index contributed by atoms with van der Waals surface area (Å²) in [6, 6.07) is 0. The fraction of sp³-hybridized carbons (Fsp3) is 0.444. The predicted octanol–water partition coefficient (Wildman–Crippen LogP) is -1.06. The number of terminal acetylenes is 1. The first-order valence-corrected chi connectivity index (χ1v) is 4.39. The van der Waals surface area contributed by atoms with Crippen LogP contribution in [0.2, 0.25) is 0 Å². The van der Waals surface area contributed by atoms with Crippen molar-refractivity contribution in [1.82, 2.24) is 10.6 Å². The average Bonchev–Trinajstić information content (AvgIpc) is 2.23. The van der Waals surface area contributed by atoms with Gasteiger partial charge in [-0.1, -0.05) is 5.92 Å². The van der Waals surface area contributed by atoms with Crippen LogP contribution in [0.4, 0.5) is 4.79 Å². The first-order chi connectivity index (χ1) is 7.56. The van der Waals surface area contributed by atoms with Gasteiger partial charge in [0.25, 0.3) is 0 Å². The van der Waals surface area contributed by atoms with Crippen molar-refractivity contribution in [2.45, 2.75) is 6.42 Å². The number of carboxylic acids is 1. The van der Waals surface area contributed by atoms with E-state index in [2.05, 4.69) is 21.3 Å². The Labute approximate surface area is 92.2 Å². The average molecular weight is 228 g/mol. The van der Waals surface area contributed by atoms with E-state index in [0.29, 0.717) is 0 Å². The van der Waals surface area contributed by atoms with Gasteiger partial charge in [-0.15, -0.1) is 6.42 Å². The van der Waals surface area contributed by atoms with Crippen LogP contribution in [0.3, 0.4) is 0 Å². The van der Waals surface area contributed by atoms with Crippen molar-refractivity contribution in [3.63, 3.8) is 0 Å². The Hall–Kier alpha value is -2.23. The van der Waals surface area contributed by atoms with Gasteiger partial charge in [0.1, 0.15) is 0 Å². The number of hydrogen-bond donors (Lipinski definition) is 3. The number of alkyl carbamates (subject to hydrolysis) is 1. The molecule has 0 saturated carbocycles. The van der Waals surface area contributed by atoms with Gasteiger partial charge in [-0.3, -0.25) is 9.59 Å². The van der Waals surface area contributed by atoms with Crippen molar-refractivity contribution in [2.75, 3.05) is 19.7 Å². The van der Waals surface area contributed by atoms with E-state index in [-0.39, 0.29) is 26.1 Å². The zero-order valence-electron chi connectivity index (χ0n) is 8.49. The molecule has 0 aromatic heterocycles. The molecule has 0 unspecified atom stereocenters. The molecular formula is C9H12N2O5. The molecule has 0 atom stereocenters. The molecule has 3 N–H and O–H groups in total. The Morgan fingerprint density at radius 2 is 2.00 bits per heavy atom. The Morgan fingerprint density at radius 1 is 1.31 bits per heavy atom. The first-order valence-electron chi connectivity index (χ1n) is 4.39. The van der Waals surface area contributed by atoms with E-state index in [9.17, 15) is 14.4 Å². The van der Waals surface area contributed by atoms with Crippen LogP contribution in [-0.4, -0.2) is 42.8 Å². The molecule has 0 aliphatic carbocycles. The summed E-state index contributed by atoms with van der Waals surface area (Å²) in [6.45, 7) is -0.454. The third-order valence-corrected chi connectivity index (χ3v) is 1.34. The van der Waals surface area contributed by atoms with Crippen molar-refractivity contribution >= 4 is 18.0 Å². The van der Waals surface area contributed by atoms with E-state index in [4.69, 9.17) is 11.5 Å². The molecule has 0 rings (SSSR count). The standard InChI is InChI=1S/C9H12N2O5/c1-2-5-16-9(15)11-6-7(12)10-4-3-8(13)14/h1H,3-6H2,(H,10,12)(H,11,15)(H,13,14). The molecule has 0 aromatic rings. The Bertz CT molecular complexity index is 308. The summed E-state index contributed by atoms with van der Waals surface area (Å²) in [5, 5.41) is 12.7. The number of carbonyl (C=O) groups is 3. The van der Waals surface area contributed by atoms with E-state index in [1.54, 1.807) is 0 Å². The van der Waals surface area contributed by atoms with Gasteiger partial charge in [0, 0.05) is 6.54 Å². The fourth-order valence-corrected chi connectivity index (χ4v) is 0.682. The third kappa shape index (κ3) is 8.37. The molecule has 88 valence electrons. The molecule has 7 nitrogen and oxygen atoms in total. The molecule has 16 heavy (non-hydrogen) atoms. The van der Waals surface area contributed by atoms with Gasteiger partial charge in [0.05, 0.1) is 13.0 Å². The van der Waals surface area contributed by atoms with Crippen molar-refractivity contribution in [3.05, 3.63) is 0 Å². The van der Waals surface area contributed by atoms with Crippen LogP contribution >= 0.6 is 0 Å². The van der Waals surface area contributed by atoms with E-state index in [0.717, 1.165) is 0 Å². The quantitative estimate of drug-likeness (QED) is 0.502.